The van der Waals surface area contributed by atoms with Gasteiger partial charge in [-0.2, -0.15) is 22.0 Å². The topological polar surface area (TPSA) is 63.6 Å². The van der Waals surface area contributed by atoms with Gasteiger partial charge >= 0.3 is 11.9 Å². The Labute approximate surface area is 153 Å². The maximum absolute atomic E-state index is 12.7. The number of hydrogen-bond acceptors (Lipinski definition) is 4. The molecule has 0 spiro atoms. The fourth-order valence-electron chi connectivity index (χ4n) is 2.03. The number of aliphatic hydroxyl groups excluding tert-OH is 1. The maximum Gasteiger partial charge on any atom is 0.416 e. The maximum atomic E-state index is 12.7. The molecule has 0 aliphatic carbocycles. The van der Waals surface area contributed by atoms with Gasteiger partial charge < -0.3 is 9.84 Å². The van der Waals surface area contributed by atoms with E-state index in [1.54, 1.807) is 0 Å². The Bertz CT molecular complexity index is 913. The summed E-state index contributed by atoms with van der Waals surface area (Å²) in [6, 6.07) is 5.67. The van der Waals surface area contributed by atoms with Gasteiger partial charge in [0.25, 0.3) is 0 Å². The Morgan fingerprint density at radius 2 is 1.81 bits per heavy atom. The minimum absolute atomic E-state index is 0.151. The molecule has 0 saturated carbocycles. The summed E-state index contributed by atoms with van der Waals surface area (Å²) in [5, 5.41) is 9.34. The van der Waals surface area contributed by atoms with Crippen molar-refractivity contribution < 1.29 is 40.2 Å². The minimum Gasteiger partial charge on any atom is -0.456 e. The van der Waals surface area contributed by atoms with Crippen molar-refractivity contribution in [3.63, 3.8) is 0 Å². The first-order valence-corrected chi connectivity index (χ1v) is 9.11. The highest BCUT2D eigenvalue weighted by Crippen LogP contribution is 2.38. The molecule has 0 aromatic heterocycles. The molecule has 0 aliphatic heterocycles. The van der Waals surface area contributed by atoms with Gasteiger partial charge in [0.1, 0.15) is 11.5 Å². The second-order valence-corrected chi connectivity index (χ2v) is 7.62. The molecule has 2 aromatic carbocycles. The number of ether oxygens (including phenoxy) is 1. The molecule has 0 bridgehead atoms. The summed E-state index contributed by atoms with van der Waals surface area (Å²) in [4.78, 5) is -0.807. The summed E-state index contributed by atoms with van der Waals surface area (Å²) >= 11 is 2.93. The lowest BCUT2D eigenvalue weighted by atomic mass is 10.2. The lowest BCUT2D eigenvalue weighted by Gasteiger charge is -2.15. The van der Waals surface area contributed by atoms with Gasteiger partial charge in [-0.15, -0.1) is 0 Å². The zero-order valence-corrected chi connectivity index (χ0v) is 15.0. The van der Waals surface area contributed by atoms with E-state index in [1.807, 2.05) is 0 Å². The smallest absolute Gasteiger partial charge is 0.416 e. The van der Waals surface area contributed by atoms with Crippen LogP contribution in [0.1, 0.15) is 11.1 Å². The number of sulfone groups is 1. The van der Waals surface area contributed by atoms with Crippen LogP contribution in [0.2, 0.25) is 0 Å². The van der Waals surface area contributed by atoms with E-state index in [1.165, 1.54) is 6.07 Å². The van der Waals surface area contributed by atoms with Gasteiger partial charge in [-0.1, -0.05) is 6.07 Å². The van der Waals surface area contributed by atoms with E-state index < -0.39 is 44.4 Å². The molecule has 26 heavy (non-hydrogen) atoms. The molecule has 0 heterocycles. The molecular weight excluding hydrogens is 451 g/mol. The summed E-state index contributed by atoms with van der Waals surface area (Å²) in [5.74, 6) is -4.06. The van der Waals surface area contributed by atoms with Crippen LogP contribution >= 0.6 is 15.9 Å². The monoisotopic (exact) mass is 460 g/mol. The van der Waals surface area contributed by atoms with Gasteiger partial charge in [-0.25, -0.2) is 8.42 Å². The van der Waals surface area contributed by atoms with Gasteiger partial charge in [0.15, 0.2) is 0 Å². The molecule has 0 unspecified atom stereocenters. The molecule has 142 valence electrons. The van der Waals surface area contributed by atoms with Crippen molar-refractivity contribution in [1.82, 2.24) is 0 Å². The Hall–Kier alpha value is -1.72. The average molecular weight is 461 g/mol. The second-order valence-electron chi connectivity index (χ2n) is 4.95. The molecule has 0 amide bonds. The lowest BCUT2D eigenvalue weighted by Crippen LogP contribution is -2.14. The third-order valence-corrected chi connectivity index (χ3v) is 5.59. The van der Waals surface area contributed by atoms with Crippen LogP contribution in [-0.4, -0.2) is 19.3 Å². The summed E-state index contributed by atoms with van der Waals surface area (Å²) < 4.78 is 92.0. The van der Waals surface area contributed by atoms with Crippen LogP contribution in [0.15, 0.2) is 45.8 Å². The van der Waals surface area contributed by atoms with Crippen molar-refractivity contribution in [3.8, 4) is 11.5 Å². The van der Waals surface area contributed by atoms with E-state index in [9.17, 15) is 35.5 Å². The Morgan fingerprint density at radius 3 is 2.35 bits per heavy atom. The van der Waals surface area contributed by atoms with Crippen molar-refractivity contribution in [2.75, 3.05) is 0 Å². The molecule has 1 N–H and O–H groups in total. The third-order valence-electron chi connectivity index (χ3n) is 3.25. The predicted molar refractivity (Wildman–Crippen MR) is 84.8 cm³/mol. The van der Waals surface area contributed by atoms with Crippen LogP contribution in [0, 0.1) is 0 Å². The van der Waals surface area contributed by atoms with Crippen LogP contribution in [0.3, 0.4) is 0 Å². The van der Waals surface area contributed by atoms with E-state index in [2.05, 4.69) is 15.9 Å². The first-order valence-electron chi connectivity index (χ1n) is 6.78. The van der Waals surface area contributed by atoms with E-state index >= 15 is 0 Å². The molecule has 0 fully saturated rings. The number of halogens is 6. The fourth-order valence-corrected chi connectivity index (χ4v) is 3.68. The molecule has 0 atom stereocenters. The van der Waals surface area contributed by atoms with E-state index in [-0.39, 0.29) is 16.0 Å². The third kappa shape index (κ3) is 4.15. The summed E-state index contributed by atoms with van der Waals surface area (Å²) in [5.41, 5.74) is -1.36. The molecule has 0 aliphatic rings. The minimum atomic E-state index is -4.99. The van der Waals surface area contributed by atoms with Crippen LogP contribution in [0.4, 0.5) is 22.0 Å². The van der Waals surface area contributed by atoms with Crippen molar-refractivity contribution in [2.24, 2.45) is 0 Å². The highest BCUT2D eigenvalue weighted by molar-refractivity contribution is 9.10. The normalized spacial score (nSPS) is 12.5. The molecular formula is C15H10BrF5O4S. The number of aliphatic hydroxyl groups is 1. The number of alkyl halides is 5. The average Bonchev–Trinajstić information content (AvgIpc) is 2.55. The van der Waals surface area contributed by atoms with Gasteiger partial charge in [0, 0.05) is 5.56 Å². The van der Waals surface area contributed by atoms with Gasteiger partial charge in [-0.3, -0.25) is 0 Å². The van der Waals surface area contributed by atoms with E-state index in [4.69, 9.17) is 4.74 Å². The number of hydrogen-bond donors (Lipinski definition) is 1. The van der Waals surface area contributed by atoms with E-state index in [0.29, 0.717) is 0 Å². The fraction of sp³-hybridized carbons (Fsp3) is 0.200. The summed E-state index contributed by atoms with van der Waals surface area (Å²) in [7, 11) is -4.99. The number of rotatable bonds is 5. The molecule has 2 aromatic rings. The molecule has 0 radical (unpaired) electrons. The standard InChI is InChI=1S/C15H10BrF5O4S/c16-13-10(7-22)12(26(23,24)14(17)18)5-4-11(13)25-9-3-1-2-8(6-9)15(19,20)21/h1-6,14,22H,7H2. The van der Waals surface area contributed by atoms with Crippen molar-refractivity contribution in [1.29, 1.82) is 0 Å². The van der Waals surface area contributed by atoms with Gasteiger partial charge in [0.2, 0.25) is 9.84 Å². The quantitative estimate of drug-likeness (QED) is 0.654. The largest absolute Gasteiger partial charge is 0.456 e. The molecule has 2 rings (SSSR count). The van der Waals surface area contributed by atoms with Gasteiger partial charge in [-0.05, 0) is 46.3 Å². The number of benzene rings is 2. The molecule has 11 heteroatoms. The molecule has 0 saturated heterocycles. The van der Waals surface area contributed by atoms with Crippen LogP contribution in [0.5, 0.6) is 11.5 Å². The first kappa shape index (κ1) is 20.6. The Kier molecular flexibility index (Phi) is 5.93. The van der Waals surface area contributed by atoms with Gasteiger partial charge in [0.05, 0.1) is 21.5 Å². The van der Waals surface area contributed by atoms with E-state index in [0.717, 1.165) is 30.3 Å². The highest BCUT2D eigenvalue weighted by Gasteiger charge is 2.32. The highest BCUT2D eigenvalue weighted by atomic mass is 79.9. The lowest BCUT2D eigenvalue weighted by molar-refractivity contribution is -0.137. The van der Waals surface area contributed by atoms with Crippen LogP contribution in [-0.2, 0) is 22.6 Å². The zero-order chi connectivity index (χ0) is 19.7. The predicted octanol–water partition coefficient (Wildman–Crippen LogP) is 4.75. The summed E-state index contributed by atoms with van der Waals surface area (Å²) in [6.07, 6.45) is -4.60. The van der Waals surface area contributed by atoms with Crippen LogP contribution < -0.4 is 4.74 Å². The summed E-state index contributed by atoms with van der Waals surface area (Å²) in [6.45, 7) is -0.915. The Balaban J connectivity index is 2.47. The van der Waals surface area contributed by atoms with Crippen molar-refractivity contribution >= 4 is 25.8 Å². The Morgan fingerprint density at radius 1 is 1.15 bits per heavy atom. The van der Waals surface area contributed by atoms with Crippen molar-refractivity contribution in [2.45, 2.75) is 23.4 Å². The second kappa shape index (κ2) is 7.49. The van der Waals surface area contributed by atoms with Crippen molar-refractivity contribution in [3.05, 3.63) is 52.0 Å². The molecule has 4 nitrogen and oxygen atoms in total. The van der Waals surface area contributed by atoms with Crippen LogP contribution in [0.25, 0.3) is 0 Å². The first-order chi connectivity index (χ1) is 12.0. The zero-order valence-electron chi connectivity index (χ0n) is 12.6. The SMILES string of the molecule is O=S(=O)(c1ccc(Oc2cccc(C(F)(F)F)c2)c(Br)c1CO)C(F)F.